The van der Waals surface area contributed by atoms with E-state index in [9.17, 15) is 0 Å². The largest absolute Gasteiger partial charge is 0.497 e. The van der Waals surface area contributed by atoms with Gasteiger partial charge in [-0.15, -0.1) is 0 Å². The van der Waals surface area contributed by atoms with Crippen molar-refractivity contribution in [1.29, 1.82) is 0 Å². The molecular formula is C33H45O4P. The van der Waals surface area contributed by atoms with Gasteiger partial charge in [-0.1, -0.05) is 62.3 Å². The van der Waals surface area contributed by atoms with Crippen molar-refractivity contribution in [1.82, 2.24) is 0 Å². The van der Waals surface area contributed by atoms with Crippen molar-refractivity contribution in [2.45, 2.75) is 78.6 Å². The van der Waals surface area contributed by atoms with E-state index >= 15 is 4.57 Å². The summed E-state index contributed by atoms with van der Waals surface area (Å²) in [4.78, 5) is 0. The van der Waals surface area contributed by atoms with Gasteiger partial charge in [0.1, 0.15) is 17.2 Å². The van der Waals surface area contributed by atoms with Gasteiger partial charge in [0.15, 0.2) is 7.14 Å². The molecule has 0 aliphatic carbocycles. The van der Waals surface area contributed by atoms with Gasteiger partial charge >= 0.3 is 0 Å². The van der Waals surface area contributed by atoms with Crippen molar-refractivity contribution in [2.75, 3.05) is 21.3 Å². The number of rotatable bonds is 6. The van der Waals surface area contributed by atoms with Crippen LogP contribution >= 0.6 is 7.14 Å². The average Bonchev–Trinajstić information content (AvgIpc) is 2.85. The zero-order valence-corrected chi connectivity index (χ0v) is 26.2. The average molecular weight is 537 g/mol. The molecule has 0 fully saturated rings. The third kappa shape index (κ3) is 5.66. The van der Waals surface area contributed by atoms with E-state index in [2.05, 4.69) is 62.3 Å². The minimum Gasteiger partial charge on any atom is -0.497 e. The molecule has 3 aromatic rings. The van der Waals surface area contributed by atoms with Gasteiger partial charge in [-0.3, -0.25) is 0 Å². The molecule has 0 aliphatic heterocycles. The van der Waals surface area contributed by atoms with Crippen LogP contribution in [-0.2, 0) is 20.8 Å². The van der Waals surface area contributed by atoms with Crippen LogP contribution in [0.3, 0.4) is 0 Å². The summed E-state index contributed by atoms with van der Waals surface area (Å²) in [5.74, 6) is 2.25. The molecule has 0 bridgehead atoms. The predicted octanol–water partition coefficient (Wildman–Crippen LogP) is 7.24. The van der Waals surface area contributed by atoms with Crippen LogP contribution in [-0.4, -0.2) is 21.3 Å². The molecule has 0 heterocycles. The maximum Gasteiger partial charge on any atom is 0.171 e. The number of ether oxygens (including phenoxy) is 3. The van der Waals surface area contributed by atoms with E-state index in [1.54, 1.807) is 21.3 Å². The third-order valence-corrected chi connectivity index (χ3v) is 10.3. The zero-order chi connectivity index (χ0) is 28.7. The first-order chi connectivity index (χ1) is 17.5. The minimum absolute atomic E-state index is 0.276. The summed E-state index contributed by atoms with van der Waals surface area (Å²) in [7, 11) is 1.57. The second kappa shape index (κ2) is 10.5. The summed E-state index contributed by atoms with van der Waals surface area (Å²) in [5.41, 5.74) is 2.19. The first-order valence-corrected chi connectivity index (χ1v) is 14.9. The summed E-state index contributed by atoms with van der Waals surface area (Å²) in [6.45, 7) is 19.4. The van der Waals surface area contributed by atoms with Crippen molar-refractivity contribution >= 4 is 23.1 Å². The Morgan fingerprint density at radius 3 is 0.895 bits per heavy atom. The SMILES string of the molecule is COc1ccc(P(=O)(c2ccc(OC)cc2C(C)(C)C)c2ccc(OC)cc2C(C)(C)C)c(C(C)(C)C)c1. The summed E-state index contributed by atoms with van der Waals surface area (Å²) in [5, 5.41) is 2.49. The topological polar surface area (TPSA) is 44.8 Å². The zero-order valence-electron chi connectivity index (χ0n) is 25.3. The molecule has 5 heteroatoms. The van der Waals surface area contributed by atoms with Crippen LogP contribution in [0.2, 0.25) is 0 Å². The Balaban J connectivity index is 2.63. The quantitative estimate of drug-likeness (QED) is 0.312. The lowest BCUT2D eigenvalue weighted by Crippen LogP contribution is -2.37. The van der Waals surface area contributed by atoms with Crippen molar-refractivity contribution < 1.29 is 18.8 Å². The predicted molar refractivity (Wildman–Crippen MR) is 162 cm³/mol. The Bertz CT molecular complexity index is 1190. The summed E-state index contributed by atoms with van der Waals surface area (Å²) >= 11 is 0. The van der Waals surface area contributed by atoms with Crippen molar-refractivity contribution in [3.05, 3.63) is 71.3 Å². The normalized spacial score (nSPS) is 12.8. The highest BCUT2D eigenvalue weighted by atomic mass is 31.2. The number of methoxy groups -OCH3 is 3. The molecular weight excluding hydrogens is 491 g/mol. The van der Waals surface area contributed by atoms with Crippen LogP contribution in [0.15, 0.2) is 54.6 Å². The van der Waals surface area contributed by atoms with Gasteiger partial charge in [0.25, 0.3) is 0 Å². The molecule has 0 radical (unpaired) electrons. The van der Waals surface area contributed by atoms with Crippen LogP contribution in [0.4, 0.5) is 0 Å². The lowest BCUT2D eigenvalue weighted by atomic mass is 9.86. The van der Waals surface area contributed by atoms with E-state index in [1.165, 1.54) is 0 Å². The molecule has 4 nitrogen and oxygen atoms in total. The Kier molecular flexibility index (Phi) is 8.21. The summed E-state index contributed by atoms with van der Waals surface area (Å²) in [6.07, 6.45) is 0. The molecule has 0 N–H and O–H groups in total. The summed E-state index contributed by atoms with van der Waals surface area (Å²) in [6, 6.07) is 17.9. The molecule has 3 rings (SSSR count). The molecule has 206 valence electrons. The molecule has 0 amide bonds. The minimum atomic E-state index is -3.44. The molecule has 0 unspecified atom stereocenters. The van der Waals surface area contributed by atoms with Gasteiger partial charge < -0.3 is 18.8 Å². The van der Waals surface area contributed by atoms with E-state index in [4.69, 9.17) is 14.2 Å². The highest BCUT2D eigenvalue weighted by molar-refractivity contribution is 7.85. The van der Waals surface area contributed by atoms with Gasteiger partial charge in [-0.2, -0.15) is 0 Å². The molecule has 0 atom stereocenters. The van der Waals surface area contributed by atoms with Crippen molar-refractivity contribution in [3.8, 4) is 17.2 Å². The van der Waals surface area contributed by atoms with E-state index in [1.807, 2.05) is 54.6 Å². The number of hydrogen-bond acceptors (Lipinski definition) is 4. The first kappa shape index (κ1) is 29.8. The number of hydrogen-bond donors (Lipinski definition) is 0. The highest BCUT2D eigenvalue weighted by Gasteiger charge is 2.41. The fourth-order valence-corrected chi connectivity index (χ4v) is 8.79. The first-order valence-electron chi connectivity index (χ1n) is 13.2. The van der Waals surface area contributed by atoms with Crippen LogP contribution in [0, 0.1) is 0 Å². The van der Waals surface area contributed by atoms with Crippen LogP contribution in [0.5, 0.6) is 17.2 Å². The Morgan fingerprint density at radius 1 is 0.474 bits per heavy atom. The van der Waals surface area contributed by atoms with Crippen molar-refractivity contribution in [2.24, 2.45) is 0 Å². The van der Waals surface area contributed by atoms with Crippen molar-refractivity contribution in [3.63, 3.8) is 0 Å². The Hall–Kier alpha value is -2.71. The van der Waals surface area contributed by atoms with Crippen LogP contribution < -0.4 is 30.1 Å². The Labute approximate surface area is 230 Å². The third-order valence-electron chi connectivity index (χ3n) is 7.05. The van der Waals surface area contributed by atoms with Gasteiger partial charge in [-0.05, 0) is 87.5 Å². The van der Waals surface area contributed by atoms with E-state index in [0.717, 1.165) is 49.9 Å². The molecule has 0 aliphatic rings. The molecule has 0 aromatic heterocycles. The second-order valence-corrected chi connectivity index (χ2v) is 15.7. The second-order valence-electron chi connectivity index (χ2n) is 13.0. The lowest BCUT2D eigenvalue weighted by Gasteiger charge is -2.35. The fraction of sp³-hybridized carbons (Fsp3) is 0.455. The van der Waals surface area contributed by atoms with Gasteiger partial charge in [0.2, 0.25) is 0 Å². The molecule has 3 aromatic carbocycles. The molecule has 38 heavy (non-hydrogen) atoms. The van der Waals surface area contributed by atoms with Gasteiger partial charge in [0.05, 0.1) is 21.3 Å². The molecule has 0 spiro atoms. The monoisotopic (exact) mass is 536 g/mol. The van der Waals surface area contributed by atoms with E-state index < -0.39 is 7.14 Å². The van der Waals surface area contributed by atoms with E-state index in [-0.39, 0.29) is 16.2 Å². The lowest BCUT2D eigenvalue weighted by molar-refractivity contribution is 0.413. The summed E-state index contributed by atoms with van der Waals surface area (Å²) < 4.78 is 33.2. The molecule has 0 saturated heterocycles. The molecule has 0 saturated carbocycles. The van der Waals surface area contributed by atoms with Crippen LogP contribution in [0.25, 0.3) is 0 Å². The van der Waals surface area contributed by atoms with E-state index in [0.29, 0.717) is 0 Å². The van der Waals surface area contributed by atoms with Gasteiger partial charge in [0, 0.05) is 15.9 Å². The van der Waals surface area contributed by atoms with Crippen LogP contribution in [0.1, 0.15) is 79.0 Å². The highest BCUT2D eigenvalue weighted by Crippen LogP contribution is 2.51. The fourth-order valence-electron chi connectivity index (χ4n) is 4.94. The maximum atomic E-state index is 16.3. The Morgan fingerprint density at radius 2 is 0.711 bits per heavy atom. The smallest absolute Gasteiger partial charge is 0.171 e. The maximum absolute atomic E-state index is 16.3. The number of benzene rings is 3. The van der Waals surface area contributed by atoms with Gasteiger partial charge in [-0.25, -0.2) is 0 Å². The standard InChI is InChI=1S/C33H45O4P/c1-31(2,3)25-19-22(35-10)13-16-28(25)38(34,29-17-14-23(36-11)20-26(29)32(4,5)6)30-18-15-24(37-12)21-27(30)33(7,8)9/h13-21H,1-12H3.